The van der Waals surface area contributed by atoms with Gasteiger partial charge in [-0.1, -0.05) is 51.9 Å². The summed E-state index contributed by atoms with van der Waals surface area (Å²) >= 11 is 1.61. The highest BCUT2D eigenvalue weighted by atomic mass is 32.1. The first kappa shape index (κ1) is 16.6. The van der Waals surface area contributed by atoms with Crippen LogP contribution in [0.2, 0.25) is 0 Å². The molecule has 21 heavy (non-hydrogen) atoms. The summed E-state index contributed by atoms with van der Waals surface area (Å²) in [7, 11) is 0. The first-order valence-electron chi connectivity index (χ1n) is 8.33. The van der Waals surface area contributed by atoms with E-state index in [1.165, 1.54) is 44.9 Å². The Labute approximate surface area is 132 Å². The lowest BCUT2D eigenvalue weighted by molar-refractivity contribution is 0.00842. The van der Waals surface area contributed by atoms with Crippen LogP contribution in [0, 0.1) is 0 Å². The van der Waals surface area contributed by atoms with Gasteiger partial charge in [0.05, 0.1) is 6.61 Å². The largest absolute Gasteiger partial charge is 0.485 e. The lowest BCUT2D eigenvalue weighted by Gasteiger charge is -2.24. The Bertz CT molecular complexity index is 378. The van der Waals surface area contributed by atoms with E-state index in [0.29, 0.717) is 13.2 Å². The summed E-state index contributed by atoms with van der Waals surface area (Å²) in [6.45, 7) is 4.33. The van der Waals surface area contributed by atoms with Crippen molar-refractivity contribution in [2.24, 2.45) is 0 Å². The normalized spacial score (nSPS) is 17.1. The lowest BCUT2D eigenvalue weighted by Crippen LogP contribution is -2.33. The number of unbranched alkanes of at least 4 members (excludes halogenated alkanes) is 7. The molecule has 1 aromatic heterocycles. The predicted octanol–water partition coefficient (Wildman–Crippen LogP) is 5.05. The molecule has 0 bridgehead atoms. The molecular formula is C17H28O3S. The van der Waals surface area contributed by atoms with E-state index in [4.69, 9.17) is 14.2 Å². The number of thiophene rings is 1. The predicted molar refractivity (Wildman–Crippen MR) is 87.7 cm³/mol. The molecule has 4 heteroatoms. The van der Waals surface area contributed by atoms with Gasteiger partial charge in [-0.25, -0.2) is 0 Å². The highest BCUT2D eigenvalue weighted by Crippen LogP contribution is 2.35. The van der Waals surface area contributed by atoms with Crippen LogP contribution in [0.25, 0.3) is 0 Å². The van der Waals surface area contributed by atoms with Crippen molar-refractivity contribution in [3.05, 3.63) is 10.8 Å². The van der Waals surface area contributed by atoms with Gasteiger partial charge < -0.3 is 14.2 Å². The van der Waals surface area contributed by atoms with Crippen molar-refractivity contribution in [3.63, 3.8) is 0 Å². The second kappa shape index (κ2) is 10.1. The highest BCUT2D eigenvalue weighted by Gasteiger charge is 2.21. The van der Waals surface area contributed by atoms with Gasteiger partial charge in [-0.3, -0.25) is 0 Å². The maximum absolute atomic E-state index is 5.81. The summed E-state index contributed by atoms with van der Waals surface area (Å²) in [5.41, 5.74) is 0. The maximum atomic E-state index is 5.81. The number of hydrogen-bond donors (Lipinski definition) is 0. The first-order valence-corrected chi connectivity index (χ1v) is 9.28. The van der Waals surface area contributed by atoms with Crippen LogP contribution in [-0.4, -0.2) is 25.9 Å². The van der Waals surface area contributed by atoms with Gasteiger partial charge in [0, 0.05) is 17.4 Å². The van der Waals surface area contributed by atoms with Crippen molar-refractivity contribution in [1.29, 1.82) is 0 Å². The highest BCUT2D eigenvalue weighted by molar-refractivity contribution is 7.08. The monoisotopic (exact) mass is 312 g/mol. The van der Waals surface area contributed by atoms with E-state index in [9.17, 15) is 0 Å². The molecule has 2 rings (SSSR count). The molecule has 1 aromatic rings. The first-order chi connectivity index (χ1) is 10.4. The van der Waals surface area contributed by atoms with Crippen molar-refractivity contribution in [2.45, 2.75) is 64.4 Å². The minimum Gasteiger partial charge on any atom is -0.485 e. The van der Waals surface area contributed by atoms with Crippen LogP contribution in [0.3, 0.4) is 0 Å². The molecule has 1 aliphatic rings. The van der Waals surface area contributed by atoms with Gasteiger partial charge in [-0.15, -0.1) is 11.3 Å². The maximum Gasteiger partial charge on any atom is 0.172 e. The Kier molecular flexibility index (Phi) is 7.97. The summed E-state index contributed by atoms with van der Waals surface area (Å²) < 4.78 is 17.1. The summed E-state index contributed by atoms with van der Waals surface area (Å²) in [6, 6.07) is 0. The number of rotatable bonds is 11. The van der Waals surface area contributed by atoms with Gasteiger partial charge in [0.25, 0.3) is 0 Å². The third-order valence-corrected chi connectivity index (χ3v) is 4.46. The van der Waals surface area contributed by atoms with Gasteiger partial charge in [0.2, 0.25) is 0 Å². The molecule has 1 aliphatic heterocycles. The Morgan fingerprint density at radius 3 is 2.57 bits per heavy atom. The number of hydrogen-bond acceptors (Lipinski definition) is 4. The fourth-order valence-corrected chi connectivity index (χ4v) is 3.17. The second-order valence-electron chi connectivity index (χ2n) is 5.70. The number of ether oxygens (including phenoxy) is 3. The van der Waals surface area contributed by atoms with Crippen LogP contribution in [0.5, 0.6) is 11.5 Å². The molecule has 0 aromatic carbocycles. The molecule has 0 fully saturated rings. The van der Waals surface area contributed by atoms with Gasteiger partial charge in [-0.2, -0.15) is 0 Å². The van der Waals surface area contributed by atoms with Crippen LogP contribution in [0.4, 0.5) is 0 Å². The van der Waals surface area contributed by atoms with Crippen LogP contribution in [-0.2, 0) is 4.74 Å². The van der Waals surface area contributed by atoms with E-state index in [1.54, 1.807) is 11.3 Å². The molecule has 0 aliphatic carbocycles. The zero-order chi connectivity index (χ0) is 14.8. The molecule has 0 spiro atoms. The SMILES string of the molecule is CCCCCCCCCCOCC1COc2cscc2O1. The lowest BCUT2D eigenvalue weighted by atomic mass is 10.1. The zero-order valence-electron chi connectivity index (χ0n) is 13.1. The molecule has 2 heterocycles. The van der Waals surface area contributed by atoms with Crippen molar-refractivity contribution >= 4 is 11.3 Å². The van der Waals surface area contributed by atoms with E-state index < -0.39 is 0 Å². The Balaban J connectivity index is 1.41. The van der Waals surface area contributed by atoms with Crippen LogP contribution in [0.15, 0.2) is 10.8 Å². The summed E-state index contributed by atoms with van der Waals surface area (Å²) in [5, 5.41) is 3.97. The summed E-state index contributed by atoms with van der Waals surface area (Å²) in [6.07, 6.45) is 10.7. The van der Waals surface area contributed by atoms with Gasteiger partial charge >= 0.3 is 0 Å². The fraction of sp³-hybridized carbons (Fsp3) is 0.765. The molecule has 0 saturated carbocycles. The quantitative estimate of drug-likeness (QED) is 0.535. The minimum atomic E-state index is 0.0427. The smallest absolute Gasteiger partial charge is 0.172 e. The Morgan fingerprint density at radius 1 is 1.05 bits per heavy atom. The van der Waals surface area contributed by atoms with Crippen LogP contribution >= 0.6 is 11.3 Å². The fourth-order valence-electron chi connectivity index (χ4n) is 2.50. The molecule has 1 atom stereocenters. The average Bonchev–Trinajstić information content (AvgIpc) is 2.97. The van der Waals surface area contributed by atoms with Crippen molar-refractivity contribution in [3.8, 4) is 11.5 Å². The van der Waals surface area contributed by atoms with Crippen molar-refractivity contribution in [1.82, 2.24) is 0 Å². The molecule has 3 nitrogen and oxygen atoms in total. The minimum absolute atomic E-state index is 0.0427. The standard InChI is InChI=1S/C17H28O3S/c1-2-3-4-5-6-7-8-9-10-18-11-15-12-19-16-13-21-14-17(16)20-15/h13-15H,2-12H2,1H3. The van der Waals surface area contributed by atoms with Gasteiger partial charge in [-0.05, 0) is 6.42 Å². The Hall–Kier alpha value is -0.740. The van der Waals surface area contributed by atoms with Gasteiger partial charge in [0.1, 0.15) is 6.61 Å². The van der Waals surface area contributed by atoms with Crippen molar-refractivity contribution in [2.75, 3.05) is 19.8 Å². The van der Waals surface area contributed by atoms with Crippen LogP contribution in [0.1, 0.15) is 58.3 Å². The number of fused-ring (bicyclic) bond motifs is 1. The van der Waals surface area contributed by atoms with Crippen molar-refractivity contribution < 1.29 is 14.2 Å². The third-order valence-electron chi connectivity index (χ3n) is 3.76. The summed E-state index contributed by atoms with van der Waals surface area (Å²) in [4.78, 5) is 0. The Morgan fingerprint density at radius 2 is 1.76 bits per heavy atom. The average molecular weight is 312 g/mol. The molecule has 0 amide bonds. The zero-order valence-corrected chi connectivity index (χ0v) is 14.0. The van der Waals surface area contributed by atoms with E-state index in [-0.39, 0.29) is 6.10 Å². The van der Waals surface area contributed by atoms with Crippen LogP contribution < -0.4 is 9.47 Å². The molecular weight excluding hydrogens is 284 g/mol. The summed E-state index contributed by atoms with van der Waals surface area (Å²) in [5.74, 6) is 1.74. The van der Waals surface area contributed by atoms with Gasteiger partial charge in [0.15, 0.2) is 17.6 Å². The molecule has 1 unspecified atom stereocenters. The topological polar surface area (TPSA) is 27.7 Å². The van der Waals surface area contributed by atoms with E-state index >= 15 is 0 Å². The molecule has 0 radical (unpaired) electrons. The second-order valence-corrected chi connectivity index (χ2v) is 6.44. The third kappa shape index (κ3) is 6.27. The van der Waals surface area contributed by atoms with E-state index in [0.717, 1.165) is 24.5 Å². The molecule has 0 N–H and O–H groups in total. The molecule has 0 saturated heterocycles. The molecule has 120 valence electrons. The van der Waals surface area contributed by atoms with E-state index in [1.807, 2.05) is 10.8 Å². The van der Waals surface area contributed by atoms with E-state index in [2.05, 4.69) is 6.92 Å².